The van der Waals surface area contributed by atoms with Gasteiger partial charge in [-0.25, -0.2) is 4.79 Å². The zero-order valence-electron chi connectivity index (χ0n) is 7.89. The highest BCUT2D eigenvalue weighted by Crippen LogP contribution is 1.76. The Morgan fingerprint density at radius 1 is 1.00 bits per heavy atom. The molecule has 0 saturated heterocycles. The lowest BCUT2D eigenvalue weighted by atomic mass is 10.7. The predicted octanol–water partition coefficient (Wildman–Crippen LogP) is -1.37. The minimum absolute atomic E-state index is 0.0417. The third kappa shape index (κ3) is 30.4. The summed E-state index contributed by atoms with van der Waals surface area (Å²) in [6.45, 7) is 1.73. The van der Waals surface area contributed by atoms with E-state index in [9.17, 15) is 0 Å². The van der Waals surface area contributed by atoms with Crippen LogP contribution >= 0.6 is 0 Å². The van der Waals surface area contributed by atoms with Gasteiger partial charge < -0.3 is 30.5 Å². The van der Waals surface area contributed by atoms with E-state index in [0.717, 1.165) is 0 Å². The first-order chi connectivity index (χ1) is 6.65. The maximum Gasteiger partial charge on any atom is 0.402 e. The lowest BCUT2D eigenvalue weighted by Crippen LogP contribution is -2.09. The lowest BCUT2D eigenvalue weighted by Gasteiger charge is -2.01. The maximum atomic E-state index is 8.78. The summed E-state index contributed by atoms with van der Waals surface area (Å²) < 4.78 is 9.75. The summed E-state index contributed by atoms with van der Waals surface area (Å²) in [5.74, 6) is 0. The van der Waals surface area contributed by atoms with Crippen molar-refractivity contribution < 1.29 is 29.6 Å². The molecule has 0 aliphatic carbocycles. The molecule has 0 heterocycles. The summed E-state index contributed by atoms with van der Waals surface area (Å²) in [6.07, 6.45) is -1.33. The number of aliphatic hydroxyl groups is 2. The SMILES string of the molecule is NC(=O)O.OCCOCCOCCO. The Bertz CT molecular complexity index is 109. The van der Waals surface area contributed by atoms with Crippen LogP contribution in [0.5, 0.6) is 0 Å². The van der Waals surface area contributed by atoms with Crippen LogP contribution in [-0.2, 0) is 9.47 Å². The van der Waals surface area contributed by atoms with E-state index in [-0.39, 0.29) is 13.2 Å². The highest BCUT2D eigenvalue weighted by Gasteiger charge is 1.86. The van der Waals surface area contributed by atoms with Crippen LogP contribution in [0.2, 0.25) is 0 Å². The molecular weight excluding hydrogens is 194 g/mol. The van der Waals surface area contributed by atoms with Gasteiger partial charge in [0, 0.05) is 0 Å². The average Bonchev–Trinajstić information content (AvgIpc) is 2.10. The molecule has 7 nitrogen and oxygen atoms in total. The molecule has 0 fully saturated rings. The Morgan fingerprint density at radius 3 is 1.50 bits per heavy atom. The first-order valence-corrected chi connectivity index (χ1v) is 4.00. The van der Waals surface area contributed by atoms with Gasteiger partial charge >= 0.3 is 6.09 Å². The van der Waals surface area contributed by atoms with Crippen molar-refractivity contribution in [3.05, 3.63) is 0 Å². The number of amides is 1. The fourth-order valence-corrected chi connectivity index (χ4v) is 0.451. The number of carboxylic acid groups (broad SMARTS) is 1. The standard InChI is InChI=1S/C6H14O4.CH3NO2/c7-1-3-9-5-6-10-4-2-8;2-1(3)4/h7-8H,1-6H2;2H2,(H,3,4). The fraction of sp³-hybridized carbons (Fsp3) is 0.857. The second-order valence-corrected chi connectivity index (χ2v) is 2.01. The molecule has 0 aromatic carbocycles. The van der Waals surface area contributed by atoms with Gasteiger partial charge in [0.15, 0.2) is 0 Å². The lowest BCUT2D eigenvalue weighted by molar-refractivity contribution is 0.0222. The van der Waals surface area contributed by atoms with Crippen LogP contribution in [0.15, 0.2) is 0 Å². The normalized spacial score (nSPS) is 9.00. The van der Waals surface area contributed by atoms with Crippen LogP contribution in [-0.4, -0.2) is 61.1 Å². The van der Waals surface area contributed by atoms with Gasteiger partial charge in [0.05, 0.1) is 39.6 Å². The van der Waals surface area contributed by atoms with Crippen LogP contribution in [0.4, 0.5) is 4.79 Å². The van der Waals surface area contributed by atoms with Crippen LogP contribution in [0, 0.1) is 0 Å². The van der Waals surface area contributed by atoms with Crippen molar-refractivity contribution in [2.75, 3.05) is 39.6 Å². The zero-order chi connectivity index (χ0) is 11.2. The van der Waals surface area contributed by atoms with E-state index in [0.29, 0.717) is 26.4 Å². The quantitative estimate of drug-likeness (QED) is 0.385. The highest BCUT2D eigenvalue weighted by molar-refractivity contribution is 5.61. The molecule has 0 bridgehead atoms. The van der Waals surface area contributed by atoms with Crippen LogP contribution in [0.1, 0.15) is 0 Å². The van der Waals surface area contributed by atoms with Crippen molar-refractivity contribution in [2.24, 2.45) is 5.73 Å². The summed E-state index contributed by atoms with van der Waals surface area (Å²) in [7, 11) is 0. The monoisotopic (exact) mass is 211 g/mol. The Morgan fingerprint density at radius 2 is 1.29 bits per heavy atom. The van der Waals surface area contributed by atoms with Gasteiger partial charge in [-0.15, -0.1) is 0 Å². The number of rotatable bonds is 7. The fourth-order valence-electron chi connectivity index (χ4n) is 0.451. The molecule has 7 heteroatoms. The van der Waals surface area contributed by atoms with E-state index >= 15 is 0 Å². The summed E-state index contributed by atoms with van der Waals surface area (Å²) in [6, 6.07) is 0. The maximum absolute atomic E-state index is 8.78. The number of primary amides is 1. The van der Waals surface area contributed by atoms with Gasteiger partial charge in [0.1, 0.15) is 0 Å². The summed E-state index contributed by atoms with van der Waals surface area (Å²) in [4.78, 5) is 8.78. The third-order valence-electron chi connectivity index (χ3n) is 0.843. The molecule has 14 heavy (non-hydrogen) atoms. The minimum atomic E-state index is -1.33. The highest BCUT2D eigenvalue weighted by atomic mass is 16.5. The van der Waals surface area contributed by atoms with Crippen molar-refractivity contribution in [1.29, 1.82) is 0 Å². The molecular formula is C7H17NO6. The van der Waals surface area contributed by atoms with Gasteiger partial charge in [-0.3, -0.25) is 0 Å². The number of carbonyl (C=O) groups is 1. The van der Waals surface area contributed by atoms with E-state index in [4.69, 9.17) is 29.6 Å². The molecule has 0 unspecified atom stereocenters. The molecule has 0 aliphatic heterocycles. The molecule has 0 aromatic heterocycles. The largest absolute Gasteiger partial charge is 0.465 e. The van der Waals surface area contributed by atoms with E-state index in [1.54, 1.807) is 0 Å². The number of ether oxygens (including phenoxy) is 2. The predicted molar refractivity (Wildman–Crippen MR) is 48.0 cm³/mol. The van der Waals surface area contributed by atoms with Gasteiger partial charge in [-0.2, -0.15) is 0 Å². The van der Waals surface area contributed by atoms with Crippen LogP contribution in [0.3, 0.4) is 0 Å². The topological polar surface area (TPSA) is 122 Å². The molecule has 0 atom stereocenters. The Balaban J connectivity index is 0. The van der Waals surface area contributed by atoms with Crippen LogP contribution in [0.25, 0.3) is 0 Å². The minimum Gasteiger partial charge on any atom is -0.465 e. The van der Waals surface area contributed by atoms with E-state index in [1.165, 1.54) is 0 Å². The molecule has 0 aliphatic rings. The molecule has 5 N–H and O–H groups in total. The zero-order valence-corrected chi connectivity index (χ0v) is 7.89. The summed E-state index contributed by atoms with van der Waals surface area (Å²) in [5, 5.41) is 23.7. The summed E-state index contributed by atoms with van der Waals surface area (Å²) >= 11 is 0. The van der Waals surface area contributed by atoms with E-state index in [1.807, 2.05) is 0 Å². The molecule has 0 spiro atoms. The van der Waals surface area contributed by atoms with Crippen molar-refractivity contribution in [3.8, 4) is 0 Å². The molecule has 1 amide bonds. The van der Waals surface area contributed by atoms with Crippen molar-refractivity contribution in [3.63, 3.8) is 0 Å². The second-order valence-electron chi connectivity index (χ2n) is 2.01. The van der Waals surface area contributed by atoms with Gasteiger partial charge in [-0.05, 0) is 0 Å². The smallest absolute Gasteiger partial charge is 0.402 e. The van der Waals surface area contributed by atoms with Crippen molar-refractivity contribution in [1.82, 2.24) is 0 Å². The van der Waals surface area contributed by atoms with Crippen LogP contribution < -0.4 is 5.73 Å². The number of nitrogens with two attached hydrogens (primary N) is 1. The molecule has 0 saturated carbocycles. The first kappa shape index (κ1) is 15.6. The Hall–Kier alpha value is -0.890. The average molecular weight is 211 g/mol. The molecule has 0 aromatic rings. The third-order valence-corrected chi connectivity index (χ3v) is 0.843. The van der Waals surface area contributed by atoms with Gasteiger partial charge in [0.2, 0.25) is 0 Å². The second kappa shape index (κ2) is 14.6. The van der Waals surface area contributed by atoms with Crippen molar-refractivity contribution >= 4 is 6.09 Å². The molecule has 0 radical (unpaired) electrons. The first-order valence-electron chi connectivity index (χ1n) is 4.00. The Labute approximate surface area is 82.0 Å². The number of hydrogen-bond acceptors (Lipinski definition) is 5. The Kier molecular flexibility index (Phi) is 16.3. The van der Waals surface area contributed by atoms with E-state index < -0.39 is 6.09 Å². The molecule has 86 valence electrons. The van der Waals surface area contributed by atoms with Gasteiger partial charge in [0.25, 0.3) is 0 Å². The van der Waals surface area contributed by atoms with Gasteiger partial charge in [-0.1, -0.05) is 0 Å². The van der Waals surface area contributed by atoms with Crippen molar-refractivity contribution in [2.45, 2.75) is 0 Å². The number of hydrogen-bond donors (Lipinski definition) is 4. The number of aliphatic hydroxyl groups excluding tert-OH is 2. The van der Waals surface area contributed by atoms with E-state index in [2.05, 4.69) is 5.73 Å². The molecule has 0 rings (SSSR count). The summed E-state index contributed by atoms with van der Waals surface area (Å²) in [5.41, 5.74) is 4.03.